The first-order valence-corrected chi connectivity index (χ1v) is 8.01. The molecule has 0 aliphatic carbocycles. The maximum absolute atomic E-state index is 13.8. The largest absolute Gasteiger partial charge is 0.326 e. The second kappa shape index (κ2) is 6.53. The summed E-state index contributed by atoms with van der Waals surface area (Å²) in [5.41, 5.74) is 7.18. The van der Waals surface area contributed by atoms with E-state index in [0.717, 1.165) is 11.1 Å². The van der Waals surface area contributed by atoms with Crippen LogP contribution in [0.4, 0.5) is 4.39 Å². The van der Waals surface area contributed by atoms with E-state index in [1.165, 1.54) is 18.2 Å². The van der Waals surface area contributed by atoms with Crippen LogP contribution in [0.1, 0.15) is 11.1 Å². The van der Waals surface area contributed by atoms with E-state index in [1.54, 1.807) is 12.1 Å². The number of nitrogens with two attached hydrogens (primary N) is 1. The standard InChI is InChI=1S/C14H14ClFN2O2S/c15-12-2-1-3-13(14(12)16)21(19,20)18-9-11-6-4-10(8-17)5-7-11/h1-7,18H,8-9,17H2. The molecule has 0 atom stereocenters. The number of rotatable bonds is 5. The summed E-state index contributed by atoms with van der Waals surface area (Å²) in [7, 11) is -3.96. The normalized spacial score (nSPS) is 11.6. The van der Waals surface area contributed by atoms with Crippen molar-refractivity contribution in [2.24, 2.45) is 5.73 Å². The molecule has 2 aromatic rings. The van der Waals surface area contributed by atoms with Gasteiger partial charge in [0.05, 0.1) is 5.02 Å². The number of hydrogen-bond donors (Lipinski definition) is 2. The van der Waals surface area contributed by atoms with Gasteiger partial charge in [0.15, 0.2) is 5.82 Å². The fraction of sp³-hybridized carbons (Fsp3) is 0.143. The lowest BCUT2D eigenvalue weighted by Gasteiger charge is -2.09. The molecule has 2 aromatic carbocycles. The van der Waals surface area contributed by atoms with E-state index in [-0.39, 0.29) is 11.6 Å². The van der Waals surface area contributed by atoms with Crippen molar-refractivity contribution in [1.82, 2.24) is 4.72 Å². The lowest BCUT2D eigenvalue weighted by Crippen LogP contribution is -2.24. The summed E-state index contributed by atoms with van der Waals surface area (Å²) in [4.78, 5) is -0.464. The van der Waals surface area contributed by atoms with Gasteiger partial charge in [-0.25, -0.2) is 17.5 Å². The Balaban J connectivity index is 2.15. The highest BCUT2D eigenvalue weighted by atomic mass is 35.5. The molecule has 0 radical (unpaired) electrons. The van der Waals surface area contributed by atoms with Crippen LogP contribution < -0.4 is 10.5 Å². The number of hydrogen-bond acceptors (Lipinski definition) is 3. The summed E-state index contributed by atoms with van der Waals surface area (Å²) in [5.74, 6) is -0.954. The summed E-state index contributed by atoms with van der Waals surface area (Å²) < 4.78 is 40.2. The molecule has 3 N–H and O–H groups in total. The van der Waals surface area contributed by atoms with Gasteiger partial charge in [0, 0.05) is 13.1 Å². The summed E-state index contributed by atoms with van der Waals surface area (Å²) in [5, 5.41) is -0.231. The molecule has 2 rings (SSSR count). The molecular weight excluding hydrogens is 315 g/mol. The number of nitrogens with one attached hydrogen (secondary N) is 1. The molecule has 0 saturated heterocycles. The quantitative estimate of drug-likeness (QED) is 0.885. The zero-order valence-electron chi connectivity index (χ0n) is 11.0. The van der Waals surface area contributed by atoms with Crippen LogP contribution in [0.5, 0.6) is 0 Å². The molecule has 0 saturated carbocycles. The van der Waals surface area contributed by atoms with Crippen LogP contribution in [-0.4, -0.2) is 8.42 Å². The Morgan fingerprint density at radius 2 is 1.71 bits per heavy atom. The average molecular weight is 329 g/mol. The van der Waals surface area contributed by atoms with E-state index in [0.29, 0.717) is 6.54 Å². The van der Waals surface area contributed by atoms with Crippen LogP contribution in [-0.2, 0) is 23.1 Å². The van der Waals surface area contributed by atoms with Gasteiger partial charge in [-0.05, 0) is 23.3 Å². The minimum Gasteiger partial charge on any atom is -0.326 e. The Morgan fingerprint density at radius 3 is 2.33 bits per heavy atom. The van der Waals surface area contributed by atoms with Gasteiger partial charge < -0.3 is 5.73 Å². The van der Waals surface area contributed by atoms with Crippen molar-refractivity contribution in [2.45, 2.75) is 18.0 Å². The van der Waals surface area contributed by atoms with Crippen LogP contribution in [0.2, 0.25) is 5.02 Å². The predicted octanol–water partition coefficient (Wildman–Crippen LogP) is 2.42. The summed E-state index contributed by atoms with van der Waals surface area (Å²) >= 11 is 5.59. The Kier molecular flexibility index (Phi) is 4.95. The third-order valence-corrected chi connectivity index (χ3v) is 4.64. The SMILES string of the molecule is NCc1ccc(CNS(=O)(=O)c2cccc(Cl)c2F)cc1. The topological polar surface area (TPSA) is 72.2 Å². The monoisotopic (exact) mass is 328 g/mol. The van der Waals surface area contributed by atoms with Crippen molar-refractivity contribution in [3.63, 3.8) is 0 Å². The molecule has 0 spiro atoms. The summed E-state index contributed by atoms with van der Waals surface area (Å²) in [6.45, 7) is 0.471. The Bertz CT molecular complexity index is 733. The number of sulfonamides is 1. The van der Waals surface area contributed by atoms with Crippen molar-refractivity contribution < 1.29 is 12.8 Å². The lowest BCUT2D eigenvalue weighted by atomic mass is 10.1. The van der Waals surface area contributed by atoms with Gasteiger partial charge in [0.1, 0.15) is 4.90 Å². The molecular formula is C14H14ClFN2O2S. The molecule has 0 bridgehead atoms. The highest BCUT2D eigenvalue weighted by Gasteiger charge is 2.20. The van der Waals surface area contributed by atoms with E-state index in [2.05, 4.69) is 4.72 Å². The third kappa shape index (κ3) is 3.79. The van der Waals surface area contributed by atoms with E-state index < -0.39 is 20.7 Å². The first-order valence-electron chi connectivity index (χ1n) is 6.15. The predicted molar refractivity (Wildman–Crippen MR) is 79.8 cm³/mol. The minimum absolute atomic E-state index is 0.0547. The molecule has 0 aliphatic heterocycles. The van der Waals surface area contributed by atoms with Gasteiger partial charge in [-0.1, -0.05) is 41.9 Å². The van der Waals surface area contributed by atoms with Crippen molar-refractivity contribution in [2.75, 3.05) is 0 Å². The Morgan fingerprint density at radius 1 is 1.10 bits per heavy atom. The van der Waals surface area contributed by atoms with Crippen LogP contribution in [0, 0.1) is 5.82 Å². The zero-order chi connectivity index (χ0) is 15.5. The van der Waals surface area contributed by atoms with Gasteiger partial charge in [0.2, 0.25) is 10.0 Å². The third-order valence-electron chi connectivity index (χ3n) is 2.93. The van der Waals surface area contributed by atoms with E-state index in [1.807, 2.05) is 12.1 Å². The molecule has 0 fully saturated rings. The summed E-state index contributed by atoms with van der Waals surface area (Å²) in [6.07, 6.45) is 0. The molecule has 0 unspecified atom stereocenters. The van der Waals surface area contributed by atoms with Gasteiger partial charge in [0.25, 0.3) is 0 Å². The van der Waals surface area contributed by atoms with E-state index >= 15 is 0 Å². The van der Waals surface area contributed by atoms with Crippen molar-refractivity contribution in [1.29, 1.82) is 0 Å². The molecule has 0 aliphatic rings. The van der Waals surface area contributed by atoms with Crippen LogP contribution in [0.15, 0.2) is 47.4 Å². The van der Waals surface area contributed by atoms with Crippen LogP contribution >= 0.6 is 11.6 Å². The molecule has 4 nitrogen and oxygen atoms in total. The summed E-state index contributed by atoms with van der Waals surface area (Å²) in [6, 6.07) is 11.0. The second-order valence-corrected chi connectivity index (χ2v) is 6.54. The second-order valence-electron chi connectivity index (χ2n) is 4.40. The van der Waals surface area contributed by atoms with Gasteiger partial charge in [-0.15, -0.1) is 0 Å². The van der Waals surface area contributed by atoms with Crippen LogP contribution in [0.3, 0.4) is 0 Å². The molecule has 112 valence electrons. The van der Waals surface area contributed by atoms with Crippen molar-refractivity contribution >= 4 is 21.6 Å². The maximum Gasteiger partial charge on any atom is 0.243 e. The number of benzene rings is 2. The number of halogens is 2. The molecule has 0 aromatic heterocycles. The van der Waals surface area contributed by atoms with Gasteiger partial charge in [-0.3, -0.25) is 0 Å². The van der Waals surface area contributed by atoms with Crippen molar-refractivity contribution in [3.05, 3.63) is 64.4 Å². The zero-order valence-corrected chi connectivity index (χ0v) is 12.6. The Labute approximate surface area is 127 Å². The minimum atomic E-state index is -3.96. The van der Waals surface area contributed by atoms with Gasteiger partial charge in [-0.2, -0.15) is 0 Å². The van der Waals surface area contributed by atoms with Gasteiger partial charge >= 0.3 is 0 Å². The molecule has 21 heavy (non-hydrogen) atoms. The Hall–Kier alpha value is -1.47. The van der Waals surface area contributed by atoms with Crippen LogP contribution in [0.25, 0.3) is 0 Å². The molecule has 0 amide bonds. The fourth-order valence-electron chi connectivity index (χ4n) is 1.74. The molecule has 7 heteroatoms. The highest BCUT2D eigenvalue weighted by Crippen LogP contribution is 2.21. The molecule has 0 heterocycles. The average Bonchev–Trinajstić information content (AvgIpc) is 2.48. The maximum atomic E-state index is 13.8. The first-order chi connectivity index (χ1) is 9.94. The highest BCUT2D eigenvalue weighted by molar-refractivity contribution is 7.89. The fourth-order valence-corrected chi connectivity index (χ4v) is 3.09. The first kappa shape index (κ1) is 15.9. The smallest absolute Gasteiger partial charge is 0.243 e. The van der Waals surface area contributed by atoms with Crippen molar-refractivity contribution in [3.8, 4) is 0 Å². The van der Waals surface area contributed by atoms with E-state index in [9.17, 15) is 12.8 Å². The lowest BCUT2D eigenvalue weighted by molar-refractivity contribution is 0.557. The van der Waals surface area contributed by atoms with E-state index in [4.69, 9.17) is 17.3 Å².